The van der Waals surface area contributed by atoms with Crippen LogP contribution in [0.4, 0.5) is 4.79 Å². The predicted molar refractivity (Wildman–Crippen MR) is 107 cm³/mol. The number of aromatic nitrogens is 1. The van der Waals surface area contributed by atoms with E-state index in [1.807, 2.05) is 18.2 Å². The van der Waals surface area contributed by atoms with Crippen LogP contribution in [-0.2, 0) is 4.74 Å². The molecular formula is C20H12Cl2N2O5. The molecule has 2 aromatic carbocycles. The van der Waals surface area contributed by atoms with Crippen molar-refractivity contribution in [2.75, 3.05) is 0 Å². The number of imide groups is 1. The molecule has 146 valence electrons. The molecule has 0 fully saturated rings. The maximum absolute atomic E-state index is 12.7. The molecule has 1 atom stereocenters. The summed E-state index contributed by atoms with van der Waals surface area (Å²) < 4.78 is 10.6. The molecule has 0 aliphatic carbocycles. The number of para-hydroxylation sites is 1. The number of carbonyl (C=O) groups is 2. The Morgan fingerprint density at radius 1 is 1.03 bits per heavy atom. The molecule has 0 bridgehead atoms. The number of benzene rings is 2. The number of alkyl carbamates (subject to hydrolysis) is 1. The van der Waals surface area contributed by atoms with E-state index in [-0.39, 0.29) is 21.2 Å². The molecule has 2 N–H and O–H groups in total. The number of fused-ring (bicyclic) bond motifs is 3. The molecule has 0 spiro atoms. The number of hydrogen-bond acceptors (Lipinski definition) is 6. The summed E-state index contributed by atoms with van der Waals surface area (Å²) in [5.41, 5.74) is 1.30. The number of carbonyl (C=O) groups excluding carboxylic acids is 2. The van der Waals surface area contributed by atoms with Gasteiger partial charge in [-0.2, -0.15) is 0 Å². The summed E-state index contributed by atoms with van der Waals surface area (Å²) in [4.78, 5) is 28.5. The molecule has 2 heterocycles. The first kappa shape index (κ1) is 19.2. The average molecular weight is 431 g/mol. The van der Waals surface area contributed by atoms with Gasteiger partial charge in [-0.05, 0) is 18.2 Å². The standard InChI is InChI=1S/C20H12Cl2N2O5/c21-12-8-23-9-13(22)17(12)19(26)29-20(27)24-18(25)11-5-3-7-15-16(11)10-4-1-2-6-14(10)28-15/h1-9,19,26H,(H,24,25,27). The highest BCUT2D eigenvalue weighted by molar-refractivity contribution is 6.35. The number of furan rings is 1. The van der Waals surface area contributed by atoms with E-state index in [0.29, 0.717) is 16.6 Å². The van der Waals surface area contributed by atoms with Crippen molar-refractivity contribution in [1.82, 2.24) is 10.3 Å². The molecular weight excluding hydrogens is 419 g/mol. The summed E-state index contributed by atoms with van der Waals surface area (Å²) in [6, 6.07) is 12.1. The Balaban J connectivity index is 1.57. The molecule has 1 unspecified atom stereocenters. The number of hydrogen-bond donors (Lipinski definition) is 2. The van der Waals surface area contributed by atoms with E-state index in [1.54, 1.807) is 24.3 Å². The van der Waals surface area contributed by atoms with Gasteiger partial charge in [-0.25, -0.2) is 4.79 Å². The smallest absolute Gasteiger partial charge is 0.416 e. The molecule has 2 aromatic heterocycles. The van der Waals surface area contributed by atoms with Crippen LogP contribution in [-0.4, -0.2) is 22.1 Å². The largest absolute Gasteiger partial charge is 0.456 e. The number of nitrogens with one attached hydrogen (secondary N) is 1. The number of ether oxygens (including phenoxy) is 1. The number of rotatable bonds is 3. The van der Waals surface area contributed by atoms with Gasteiger partial charge < -0.3 is 14.3 Å². The molecule has 0 aliphatic heterocycles. The molecule has 4 aromatic rings. The lowest BCUT2D eigenvalue weighted by Crippen LogP contribution is -2.32. The monoisotopic (exact) mass is 430 g/mol. The summed E-state index contributed by atoms with van der Waals surface area (Å²) in [6.45, 7) is 0. The minimum Gasteiger partial charge on any atom is -0.456 e. The summed E-state index contributed by atoms with van der Waals surface area (Å²) in [5, 5.41) is 13.5. The summed E-state index contributed by atoms with van der Waals surface area (Å²) in [7, 11) is 0. The fourth-order valence-corrected chi connectivity index (χ4v) is 3.52. The third kappa shape index (κ3) is 3.63. The Hall–Kier alpha value is -3.13. The summed E-state index contributed by atoms with van der Waals surface area (Å²) in [6.07, 6.45) is -0.473. The third-order valence-corrected chi connectivity index (χ3v) is 4.82. The topological polar surface area (TPSA) is 102 Å². The van der Waals surface area contributed by atoms with E-state index >= 15 is 0 Å². The highest BCUT2D eigenvalue weighted by Gasteiger charge is 2.23. The van der Waals surface area contributed by atoms with Gasteiger partial charge in [0.1, 0.15) is 11.2 Å². The van der Waals surface area contributed by atoms with Crippen LogP contribution in [0.3, 0.4) is 0 Å². The van der Waals surface area contributed by atoms with E-state index in [1.165, 1.54) is 12.4 Å². The Labute approximate surface area is 173 Å². The second-order valence-corrected chi connectivity index (χ2v) is 6.82. The van der Waals surface area contributed by atoms with Crippen LogP contribution >= 0.6 is 23.2 Å². The van der Waals surface area contributed by atoms with Gasteiger partial charge in [0, 0.05) is 23.2 Å². The van der Waals surface area contributed by atoms with Crippen LogP contribution in [0.25, 0.3) is 21.9 Å². The highest BCUT2D eigenvalue weighted by Crippen LogP contribution is 2.32. The number of aliphatic hydroxyl groups is 1. The Kier molecular flexibility index (Phi) is 5.10. The average Bonchev–Trinajstić information content (AvgIpc) is 3.06. The summed E-state index contributed by atoms with van der Waals surface area (Å²) >= 11 is 11.8. The Morgan fingerprint density at radius 2 is 1.72 bits per heavy atom. The van der Waals surface area contributed by atoms with E-state index in [4.69, 9.17) is 32.4 Å². The van der Waals surface area contributed by atoms with Gasteiger partial charge in [0.2, 0.25) is 6.29 Å². The van der Waals surface area contributed by atoms with Gasteiger partial charge in [0.15, 0.2) is 0 Å². The van der Waals surface area contributed by atoms with E-state index in [2.05, 4.69) is 10.3 Å². The zero-order chi connectivity index (χ0) is 20.5. The van der Waals surface area contributed by atoms with Crippen molar-refractivity contribution in [2.24, 2.45) is 0 Å². The van der Waals surface area contributed by atoms with Crippen LogP contribution in [0, 0.1) is 0 Å². The van der Waals surface area contributed by atoms with Gasteiger partial charge in [-0.1, -0.05) is 47.5 Å². The van der Waals surface area contributed by atoms with E-state index < -0.39 is 18.3 Å². The minimum absolute atomic E-state index is 0.0127. The minimum atomic E-state index is -1.78. The van der Waals surface area contributed by atoms with Crippen LogP contribution in [0.15, 0.2) is 59.3 Å². The maximum atomic E-state index is 12.7. The number of amides is 2. The van der Waals surface area contributed by atoms with Crippen molar-refractivity contribution >= 4 is 57.1 Å². The van der Waals surface area contributed by atoms with Crippen LogP contribution in [0.1, 0.15) is 22.2 Å². The molecule has 0 saturated carbocycles. The van der Waals surface area contributed by atoms with Crippen LogP contribution < -0.4 is 5.32 Å². The second-order valence-electron chi connectivity index (χ2n) is 6.01. The quantitative estimate of drug-likeness (QED) is 0.450. The maximum Gasteiger partial charge on any atom is 0.416 e. The fraction of sp³-hybridized carbons (Fsp3) is 0.0500. The van der Waals surface area contributed by atoms with Crippen molar-refractivity contribution in [3.05, 3.63) is 76.0 Å². The molecule has 4 rings (SSSR count). The second kappa shape index (κ2) is 7.71. The number of aliphatic hydroxyl groups excluding tert-OH is 1. The van der Waals surface area contributed by atoms with Crippen molar-refractivity contribution in [3.8, 4) is 0 Å². The Bertz CT molecular complexity index is 1230. The molecule has 9 heteroatoms. The molecule has 0 saturated heterocycles. The van der Waals surface area contributed by atoms with Crippen LogP contribution in [0.5, 0.6) is 0 Å². The van der Waals surface area contributed by atoms with Gasteiger partial charge in [-0.15, -0.1) is 0 Å². The lowest BCUT2D eigenvalue weighted by atomic mass is 10.1. The van der Waals surface area contributed by atoms with Crippen molar-refractivity contribution in [3.63, 3.8) is 0 Å². The van der Waals surface area contributed by atoms with Crippen molar-refractivity contribution < 1.29 is 23.8 Å². The van der Waals surface area contributed by atoms with Crippen LogP contribution in [0.2, 0.25) is 10.0 Å². The predicted octanol–water partition coefficient (Wildman–Crippen LogP) is 4.85. The number of nitrogens with zero attached hydrogens (tertiary/aromatic N) is 1. The molecule has 0 aliphatic rings. The van der Waals surface area contributed by atoms with Crippen molar-refractivity contribution in [1.29, 1.82) is 0 Å². The van der Waals surface area contributed by atoms with Crippen molar-refractivity contribution in [2.45, 2.75) is 6.29 Å². The molecule has 0 radical (unpaired) electrons. The van der Waals surface area contributed by atoms with E-state index in [0.717, 1.165) is 5.39 Å². The van der Waals surface area contributed by atoms with Gasteiger partial charge in [-0.3, -0.25) is 15.1 Å². The van der Waals surface area contributed by atoms with Gasteiger partial charge >= 0.3 is 6.09 Å². The SMILES string of the molecule is O=C(NC(=O)c1cccc2oc3ccccc3c12)OC(O)c1c(Cl)cncc1Cl. The zero-order valence-electron chi connectivity index (χ0n) is 14.6. The zero-order valence-corrected chi connectivity index (χ0v) is 16.1. The number of halogens is 2. The highest BCUT2D eigenvalue weighted by atomic mass is 35.5. The lowest BCUT2D eigenvalue weighted by Gasteiger charge is -2.15. The first-order valence-electron chi connectivity index (χ1n) is 8.35. The summed E-state index contributed by atoms with van der Waals surface area (Å²) in [5.74, 6) is -0.716. The van der Waals surface area contributed by atoms with Gasteiger partial charge in [0.25, 0.3) is 5.91 Å². The molecule has 29 heavy (non-hydrogen) atoms. The number of pyridine rings is 1. The Morgan fingerprint density at radius 3 is 2.48 bits per heavy atom. The first-order chi connectivity index (χ1) is 14.0. The third-order valence-electron chi connectivity index (χ3n) is 4.22. The first-order valence-corrected chi connectivity index (χ1v) is 9.10. The fourth-order valence-electron chi connectivity index (χ4n) is 2.97. The molecule has 2 amide bonds. The lowest BCUT2D eigenvalue weighted by molar-refractivity contribution is -0.0535. The van der Waals surface area contributed by atoms with Gasteiger partial charge in [0.05, 0.1) is 21.2 Å². The molecule has 7 nitrogen and oxygen atoms in total. The van der Waals surface area contributed by atoms with E-state index in [9.17, 15) is 14.7 Å². The normalized spacial score (nSPS) is 12.1.